The third kappa shape index (κ3) is 8.12. The molecule has 0 aromatic heterocycles. The predicted molar refractivity (Wildman–Crippen MR) is 220 cm³/mol. The molecule has 0 radical (unpaired) electrons. The minimum Gasteiger partial charge on any atom is -0.505 e. The highest BCUT2D eigenvalue weighted by Crippen LogP contribution is 2.42. The van der Waals surface area contributed by atoms with Crippen molar-refractivity contribution in [3.05, 3.63) is 157 Å². The number of halogens is 5. The Kier molecular flexibility index (Phi) is 11.0. The maximum absolute atomic E-state index is 13.7. The van der Waals surface area contributed by atoms with E-state index in [9.17, 15) is 19.8 Å². The van der Waals surface area contributed by atoms with Crippen molar-refractivity contribution in [3.8, 4) is 11.5 Å². The molecule has 0 unspecified atom stereocenters. The number of phenolic OH excluding ortho intramolecular Hbond substituents is 2. The number of Topliss-reactive ketones (excluding diaryl/α,β-unsaturated/α-hetero) is 1. The molecular formula is C41H24Cl5N5O4. The van der Waals surface area contributed by atoms with E-state index >= 15 is 0 Å². The number of carbonyl (C=O) groups is 2. The van der Waals surface area contributed by atoms with Crippen LogP contribution in [0.15, 0.2) is 136 Å². The van der Waals surface area contributed by atoms with Crippen molar-refractivity contribution in [1.82, 2.24) is 0 Å². The number of nitrogens with zero attached hydrogens (tertiary/aromatic N) is 4. The molecule has 0 fully saturated rings. The molecule has 55 heavy (non-hydrogen) atoms. The number of aromatic hydroxyl groups is 2. The lowest BCUT2D eigenvalue weighted by molar-refractivity contribution is 0.0988. The van der Waals surface area contributed by atoms with E-state index in [1.54, 1.807) is 84.9 Å². The molecule has 0 bridgehead atoms. The van der Waals surface area contributed by atoms with Crippen LogP contribution in [0, 0.1) is 0 Å². The number of fused-ring (bicyclic) bond motifs is 2. The van der Waals surface area contributed by atoms with Gasteiger partial charge in [-0.3, -0.25) is 9.59 Å². The Hall–Kier alpha value is -5.55. The number of benzene rings is 7. The van der Waals surface area contributed by atoms with Crippen molar-refractivity contribution in [2.24, 2.45) is 20.5 Å². The number of nitrogens with one attached hydrogen (secondary N) is 1. The van der Waals surface area contributed by atoms with Gasteiger partial charge in [0.15, 0.2) is 17.3 Å². The van der Waals surface area contributed by atoms with E-state index in [4.69, 9.17) is 58.0 Å². The van der Waals surface area contributed by atoms with E-state index < -0.39 is 17.4 Å². The van der Waals surface area contributed by atoms with Crippen molar-refractivity contribution in [1.29, 1.82) is 0 Å². The molecule has 0 saturated carbocycles. The molecule has 7 aromatic carbocycles. The highest BCUT2D eigenvalue weighted by Gasteiger charge is 2.22. The van der Waals surface area contributed by atoms with Gasteiger partial charge in [0.1, 0.15) is 22.7 Å². The Balaban J connectivity index is 1.14. The second-order valence-corrected chi connectivity index (χ2v) is 14.2. The molecule has 3 N–H and O–H groups in total. The highest BCUT2D eigenvalue weighted by atomic mass is 35.5. The number of phenols is 2. The van der Waals surface area contributed by atoms with E-state index in [1.165, 1.54) is 30.3 Å². The molecule has 272 valence electrons. The number of ketones is 1. The Labute approximate surface area is 338 Å². The van der Waals surface area contributed by atoms with Gasteiger partial charge in [-0.1, -0.05) is 113 Å². The van der Waals surface area contributed by atoms with Gasteiger partial charge in [-0.2, -0.15) is 0 Å². The van der Waals surface area contributed by atoms with Gasteiger partial charge >= 0.3 is 0 Å². The number of anilines is 1. The van der Waals surface area contributed by atoms with Crippen LogP contribution in [0.5, 0.6) is 11.5 Å². The molecule has 14 heteroatoms. The first-order valence-electron chi connectivity index (χ1n) is 16.3. The van der Waals surface area contributed by atoms with Crippen molar-refractivity contribution >= 4 is 120 Å². The van der Waals surface area contributed by atoms with Gasteiger partial charge in [-0.25, -0.2) is 0 Å². The summed E-state index contributed by atoms with van der Waals surface area (Å²) in [5.74, 6) is -1.87. The number of azo groups is 2. The van der Waals surface area contributed by atoms with Crippen molar-refractivity contribution in [2.75, 3.05) is 5.32 Å². The zero-order valence-electron chi connectivity index (χ0n) is 28.1. The van der Waals surface area contributed by atoms with Crippen LogP contribution in [0.4, 0.5) is 28.4 Å². The van der Waals surface area contributed by atoms with Gasteiger partial charge in [-0.15, -0.1) is 20.5 Å². The molecule has 9 nitrogen and oxygen atoms in total. The molecule has 0 saturated heterocycles. The minimum atomic E-state index is -0.673. The zero-order valence-corrected chi connectivity index (χ0v) is 31.8. The standard InChI is InChI=1S/C41H24Cl5N5O4/c42-24-10-12-30(44)34(19-24)48-50-37-26-7-3-1-5-22(26)17-28(39(37)53)36(52)16-21-9-14-33(32(46)15-21)47-41(55)29-18-23-6-2-4-8-27(23)38(40(29)54)51-49-35-20-25(43)11-13-31(35)45/h1-15,17-20,53-54H,16H2,(H,47,55). The average molecular weight is 828 g/mol. The van der Waals surface area contributed by atoms with E-state index in [2.05, 4.69) is 25.8 Å². The largest absolute Gasteiger partial charge is 0.505 e. The predicted octanol–water partition coefficient (Wildman–Crippen LogP) is 14.2. The Morgan fingerprint density at radius 3 is 1.60 bits per heavy atom. The normalized spacial score (nSPS) is 11.6. The van der Waals surface area contributed by atoms with Crippen molar-refractivity contribution in [3.63, 3.8) is 0 Å². The van der Waals surface area contributed by atoms with Crippen LogP contribution < -0.4 is 5.32 Å². The maximum atomic E-state index is 13.7. The molecule has 0 aliphatic carbocycles. The van der Waals surface area contributed by atoms with Crippen LogP contribution in [0.1, 0.15) is 26.3 Å². The lowest BCUT2D eigenvalue weighted by atomic mass is 9.97. The molecule has 7 rings (SSSR count). The fraction of sp³-hybridized carbons (Fsp3) is 0.0244. The van der Waals surface area contributed by atoms with E-state index in [0.29, 0.717) is 47.2 Å². The second kappa shape index (κ2) is 16.0. The Morgan fingerprint density at radius 1 is 0.545 bits per heavy atom. The highest BCUT2D eigenvalue weighted by molar-refractivity contribution is 6.36. The quantitative estimate of drug-likeness (QED) is 0.0986. The van der Waals surface area contributed by atoms with Crippen molar-refractivity contribution in [2.45, 2.75) is 6.42 Å². The summed E-state index contributed by atoms with van der Waals surface area (Å²) in [6, 6.07) is 31.4. The molecule has 1 amide bonds. The number of hydrogen-bond donors (Lipinski definition) is 3. The smallest absolute Gasteiger partial charge is 0.259 e. The van der Waals surface area contributed by atoms with Crippen LogP contribution in [0.3, 0.4) is 0 Å². The molecule has 0 aliphatic rings. The van der Waals surface area contributed by atoms with Gasteiger partial charge in [0.05, 0.1) is 31.9 Å². The summed E-state index contributed by atoms with van der Waals surface area (Å²) in [6.45, 7) is 0. The fourth-order valence-corrected chi connectivity index (χ4v) is 6.69. The first-order chi connectivity index (χ1) is 26.5. The van der Waals surface area contributed by atoms with Crippen molar-refractivity contribution < 1.29 is 19.8 Å². The van der Waals surface area contributed by atoms with Gasteiger partial charge in [0.25, 0.3) is 5.91 Å². The topological polar surface area (TPSA) is 136 Å². The second-order valence-electron chi connectivity index (χ2n) is 12.1. The summed E-state index contributed by atoms with van der Waals surface area (Å²) in [5, 5.41) is 46.2. The van der Waals surface area contributed by atoms with E-state index in [-0.39, 0.29) is 56.8 Å². The summed E-state index contributed by atoms with van der Waals surface area (Å²) in [5.41, 5.74) is 1.37. The number of carbonyl (C=O) groups excluding carboxylic acids is 2. The third-order valence-electron chi connectivity index (χ3n) is 8.51. The van der Waals surface area contributed by atoms with Gasteiger partial charge in [0, 0.05) is 27.2 Å². The molecule has 0 atom stereocenters. The van der Waals surface area contributed by atoms with Crippen LogP contribution in [-0.2, 0) is 6.42 Å². The number of hydrogen-bond acceptors (Lipinski definition) is 8. The first-order valence-corrected chi connectivity index (χ1v) is 18.2. The third-order valence-corrected chi connectivity index (χ3v) is 9.94. The first kappa shape index (κ1) is 37.8. The summed E-state index contributed by atoms with van der Waals surface area (Å²) in [6.07, 6.45) is -0.146. The summed E-state index contributed by atoms with van der Waals surface area (Å²) in [7, 11) is 0. The number of rotatable bonds is 9. The molecule has 7 aromatic rings. The summed E-state index contributed by atoms with van der Waals surface area (Å²) >= 11 is 31.3. The van der Waals surface area contributed by atoms with Crippen LogP contribution >= 0.6 is 58.0 Å². The fourth-order valence-electron chi connectivity index (χ4n) is 5.80. The van der Waals surface area contributed by atoms with Crippen LogP contribution in [0.2, 0.25) is 25.1 Å². The van der Waals surface area contributed by atoms with E-state index in [1.807, 2.05) is 0 Å². The van der Waals surface area contributed by atoms with Gasteiger partial charge < -0.3 is 15.5 Å². The van der Waals surface area contributed by atoms with Gasteiger partial charge in [-0.05, 0) is 77.0 Å². The average Bonchev–Trinajstić information content (AvgIpc) is 3.17. The van der Waals surface area contributed by atoms with Crippen LogP contribution in [0.25, 0.3) is 21.5 Å². The monoisotopic (exact) mass is 825 g/mol. The molecule has 0 heterocycles. The van der Waals surface area contributed by atoms with Gasteiger partial charge in [0.2, 0.25) is 0 Å². The minimum absolute atomic E-state index is 0.0238. The Bertz CT molecular complexity index is 2760. The number of amides is 1. The molecule has 0 aliphatic heterocycles. The molecule has 0 spiro atoms. The maximum Gasteiger partial charge on any atom is 0.259 e. The van der Waals surface area contributed by atoms with E-state index in [0.717, 1.165) is 0 Å². The SMILES string of the molecule is O=C(Cc1ccc(NC(=O)c2cc3ccccc3c(N=Nc3cc(Cl)ccc3Cl)c2O)c(Cl)c1)c1cc2ccccc2c(N=Nc2cc(Cl)ccc2Cl)c1O. The lowest BCUT2D eigenvalue weighted by Gasteiger charge is -2.13. The summed E-state index contributed by atoms with van der Waals surface area (Å²) in [4.78, 5) is 27.3. The summed E-state index contributed by atoms with van der Waals surface area (Å²) < 4.78 is 0. The lowest BCUT2D eigenvalue weighted by Crippen LogP contribution is -2.13. The molecular weight excluding hydrogens is 804 g/mol. The zero-order chi connectivity index (χ0) is 38.8. The Morgan fingerprint density at radius 2 is 1.05 bits per heavy atom. The van der Waals surface area contributed by atoms with Crippen LogP contribution in [-0.4, -0.2) is 21.9 Å².